The van der Waals surface area contributed by atoms with Gasteiger partial charge in [-0.15, -0.1) is 11.3 Å². The Morgan fingerprint density at radius 3 is 3.10 bits per heavy atom. The van der Waals surface area contributed by atoms with E-state index in [9.17, 15) is 4.79 Å². The first-order valence-electron chi connectivity index (χ1n) is 6.51. The maximum atomic E-state index is 11.3. The van der Waals surface area contributed by atoms with E-state index in [1.165, 1.54) is 11.3 Å². The molecule has 0 amide bonds. The summed E-state index contributed by atoms with van der Waals surface area (Å²) in [4.78, 5) is 15.7. The van der Waals surface area contributed by atoms with Gasteiger partial charge >= 0.3 is 5.97 Å². The van der Waals surface area contributed by atoms with Crippen molar-refractivity contribution in [1.82, 2.24) is 15.2 Å². The number of carbonyl (C=O) groups is 1. The van der Waals surface area contributed by atoms with E-state index < -0.39 is 0 Å². The Balaban J connectivity index is 1.80. The SMILES string of the molecule is CCOC(=O)CCc1csc(NCc2cn[nH]c2C)n1. The molecular weight excluding hydrogens is 276 g/mol. The number of thiazole rings is 1. The number of nitrogens with zero attached hydrogens (tertiary/aromatic N) is 2. The highest BCUT2D eigenvalue weighted by molar-refractivity contribution is 7.13. The Bertz CT molecular complexity index is 564. The molecule has 2 rings (SSSR count). The van der Waals surface area contributed by atoms with E-state index in [1.807, 2.05) is 12.3 Å². The minimum atomic E-state index is -0.177. The molecule has 2 N–H and O–H groups in total. The number of nitrogens with one attached hydrogen (secondary N) is 2. The molecule has 7 heteroatoms. The fraction of sp³-hybridized carbons (Fsp3) is 0.462. The Morgan fingerprint density at radius 1 is 1.55 bits per heavy atom. The highest BCUT2D eigenvalue weighted by Gasteiger charge is 2.07. The van der Waals surface area contributed by atoms with Crippen molar-refractivity contribution < 1.29 is 9.53 Å². The molecule has 0 spiro atoms. The quantitative estimate of drug-likeness (QED) is 0.766. The molecule has 2 aromatic rings. The number of aryl methyl sites for hydroxylation is 2. The molecule has 2 heterocycles. The van der Waals surface area contributed by atoms with Crippen LogP contribution in [0.1, 0.15) is 30.3 Å². The summed E-state index contributed by atoms with van der Waals surface area (Å²) in [6.45, 7) is 4.90. The lowest BCUT2D eigenvalue weighted by Gasteiger charge is -2.01. The van der Waals surface area contributed by atoms with Crippen LogP contribution in [-0.4, -0.2) is 27.8 Å². The predicted octanol–water partition coefficient (Wildman–Crippen LogP) is 2.28. The van der Waals surface area contributed by atoms with Gasteiger partial charge in [-0.2, -0.15) is 5.10 Å². The number of esters is 1. The number of ether oxygens (including phenoxy) is 1. The molecule has 0 fully saturated rings. The van der Waals surface area contributed by atoms with Crippen LogP contribution in [0.15, 0.2) is 11.6 Å². The van der Waals surface area contributed by atoms with Crippen molar-refractivity contribution in [3.63, 3.8) is 0 Å². The Morgan fingerprint density at radius 2 is 2.40 bits per heavy atom. The number of aromatic nitrogens is 3. The van der Waals surface area contributed by atoms with Crippen molar-refractivity contribution in [2.75, 3.05) is 11.9 Å². The van der Waals surface area contributed by atoms with Gasteiger partial charge < -0.3 is 10.1 Å². The van der Waals surface area contributed by atoms with Crippen LogP contribution in [-0.2, 0) is 22.5 Å². The molecule has 0 saturated heterocycles. The molecule has 0 aliphatic rings. The Kier molecular flexibility index (Phi) is 5.11. The summed E-state index contributed by atoms with van der Waals surface area (Å²) in [5.74, 6) is -0.177. The number of hydrogen-bond donors (Lipinski definition) is 2. The summed E-state index contributed by atoms with van der Waals surface area (Å²) in [6.07, 6.45) is 2.79. The van der Waals surface area contributed by atoms with E-state index in [-0.39, 0.29) is 5.97 Å². The van der Waals surface area contributed by atoms with Crippen LogP contribution in [0.5, 0.6) is 0 Å². The second kappa shape index (κ2) is 7.04. The zero-order chi connectivity index (χ0) is 14.4. The summed E-state index contributed by atoms with van der Waals surface area (Å²) >= 11 is 1.54. The molecule has 108 valence electrons. The topological polar surface area (TPSA) is 79.9 Å². The molecule has 20 heavy (non-hydrogen) atoms. The van der Waals surface area contributed by atoms with Gasteiger partial charge in [0, 0.05) is 29.6 Å². The van der Waals surface area contributed by atoms with Crippen LogP contribution < -0.4 is 5.32 Å². The van der Waals surface area contributed by atoms with E-state index in [1.54, 1.807) is 13.1 Å². The van der Waals surface area contributed by atoms with Crippen molar-refractivity contribution in [3.05, 3.63) is 28.5 Å². The zero-order valence-corrected chi connectivity index (χ0v) is 12.4. The third kappa shape index (κ3) is 4.06. The molecule has 0 unspecified atom stereocenters. The molecule has 0 aromatic carbocycles. The standard InChI is InChI=1S/C13H18N4O2S/c1-3-19-12(18)5-4-11-8-20-13(16-11)14-6-10-7-15-17-9(10)2/h7-8H,3-6H2,1-2H3,(H,14,16)(H,15,17). The van der Waals surface area contributed by atoms with E-state index in [0.717, 1.165) is 22.1 Å². The largest absolute Gasteiger partial charge is 0.466 e. The smallest absolute Gasteiger partial charge is 0.306 e. The van der Waals surface area contributed by atoms with E-state index in [2.05, 4.69) is 20.5 Å². The molecule has 0 aliphatic heterocycles. The van der Waals surface area contributed by atoms with Crippen LogP contribution in [0.25, 0.3) is 0 Å². The molecular formula is C13H18N4O2S. The van der Waals surface area contributed by atoms with Crippen LogP contribution in [0, 0.1) is 6.92 Å². The minimum absolute atomic E-state index is 0.177. The van der Waals surface area contributed by atoms with Gasteiger partial charge in [0.15, 0.2) is 5.13 Å². The van der Waals surface area contributed by atoms with Gasteiger partial charge in [-0.3, -0.25) is 9.89 Å². The first kappa shape index (κ1) is 14.5. The Labute approximate surface area is 121 Å². The average Bonchev–Trinajstić information content (AvgIpc) is 3.03. The van der Waals surface area contributed by atoms with Crippen LogP contribution in [0.3, 0.4) is 0 Å². The van der Waals surface area contributed by atoms with E-state index >= 15 is 0 Å². The van der Waals surface area contributed by atoms with Crippen molar-refractivity contribution in [3.8, 4) is 0 Å². The van der Waals surface area contributed by atoms with Crippen molar-refractivity contribution >= 4 is 22.4 Å². The number of H-pyrrole nitrogens is 1. The zero-order valence-electron chi connectivity index (χ0n) is 11.6. The number of carbonyl (C=O) groups excluding carboxylic acids is 1. The highest BCUT2D eigenvalue weighted by atomic mass is 32.1. The van der Waals surface area contributed by atoms with Gasteiger partial charge in [-0.25, -0.2) is 4.98 Å². The van der Waals surface area contributed by atoms with Crippen molar-refractivity contribution in [2.45, 2.75) is 33.2 Å². The second-order valence-electron chi connectivity index (χ2n) is 4.32. The van der Waals surface area contributed by atoms with Crippen LogP contribution in [0.4, 0.5) is 5.13 Å². The predicted molar refractivity (Wildman–Crippen MR) is 77.7 cm³/mol. The normalized spacial score (nSPS) is 10.5. The summed E-state index contributed by atoms with van der Waals surface area (Å²) in [5.41, 5.74) is 3.08. The fourth-order valence-electron chi connectivity index (χ4n) is 1.69. The molecule has 0 atom stereocenters. The summed E-state index contributed by atoms with van der Waals surface area (Å²) in [5, 5.41) is 12.9. The first-order valence-corrected chi connectivity index (χ1v) is 7.39. The monoisotopic (exact) mass is 294 g/mol. The van der Waals surface area contributed by atoms with E-state index in [0.29, 0.717) is 26.0 Å². The van der Waals surface area contributed by atoms with Gasteiger partial charge in [0.1, 0.15) is 0 Å². The third-order valence-corrected chi connectivity index (χ3v) is 3.66. The number of rotatable bonds is 7. The number of anilines is 1. The van der Waals surface area contributed by atoms with E-state index in [4.69, 9.17) is 4.74 Å². The van der Waals surface area contributed by atoms with Crippen molar-refractivity contribution in [2.24, 2.45) is 0 Å². The summed E-state index contributed by atoms with van der Waals surface area (Å²) < 4.78 is 4.89. The highest BCUT2D eigenvalue weighted by Crippen LogP contribution is 2.18. The van der Waals surface area contributed by atoms with Gasteiger partial charge in [0.2, 0.25) is 0 Å². The van der Waals surface area contributed by atoms with Gasteiger partial charge in [0.25, 0.3) is 0 Å². The number of hydrogen-bond acceptors (Lipinski definition) is 6. The first-order chi connectivity index (χ1) is 9.69. The van der Waals surface area contributed by atoms with Gasteiger partial charge in [0.05, 0.1) is 24.9 Å². The molecule has 2 aromatic heterocycles. The molecule has 0 radical (unpaired) electrons. The van der Waals surface area contributed by atoms with Crippen LogP contribution in [0.2, 0.25) is 0 Å². The maximum absolute atomic E-state index is 11.3. The molecule has 0 bridgehead atoms. The molecule has 6 nitrogen and oxygen atoms in total. The number of aromatic amines is 1. The fourth-order valence-corrected chi connectivity index (χ4v) is 2.43. The molecule has 0 saturated carbocycles. The van der Waals surface area contributed by atoms with Crippen LogP contribution >= 0.6 is 11.3 Å². The summed E-state index contributed by atoms with van der Waals surface area (Å²) in [7, 11) is 0. The summed E-state index contributed by atoms with van der Waals surface area (Å²) in [6, 6.07) is 0. The lowest BCUT2D eigenvalue weighted by atomic mass is 10.2. The van der Waals surface area contributed by atoms with Crippen molar-refractivity contribution in [1.29, 1.82) is 0 Å². The Hall–Kier alpha value is -1.89. The average molecular weight is 294 g/mol. The second-order valence-corrected chi connectivity index (χ2v) is 5.18. The lowest BCUT2D eigenvalue weighted by Crippen LogP contribution is -2.05. The minimum Gasteiger partial charge on any atom is -0.466 e. The molecule has 0 aliphatic carbocycles. The lowest BCUT2D eigenvalue weighted by molar-refractivity contribution is -0.143. The van der Waals surface area contributed by atoms with Gasteiger partial charge in [-0.05, 0) is 13.8 Å². The van der Waals surface area contributed by atoms with Gasteiger partial charge in [-0.1, -0.05) is 0 Å². The third-order valence-electron chi connectivity index (χ3n) is 2.81. The maximum Gasteiger partial charge on any atom is 0.306 e.